The Balaban J connectivity index is 1.54. The van der Waals surface area contributed by atoms with Crippen molar-refractivity contribution >= 4 is 23.9 Å². The lowest BCUT2D eigenvalue weighted by Crippen LogP contribution is -2.50. The van der Waals surface area contributed by atoms with Gasteiger partial charge in [0.05, 0.1) is 25.9 Å². The van der Waals surface area contributed by atoms with E-state index in [1.807, 2.05) is 6.07 Å². The predicted octanol–water partition coefficient (Wildman–Crippen LogP) is 0.367. The second kappa shape index (κ2) is 12.8. The first kappa shape index (κ1) is 24.5. The number of carboxylic acids is 1. The summed E-state index contributed by atoms with van der Waals surface area (Å²) in [4.78, 5) is 46.3. The molecule has 2 aromatic rings. The number of benzene rings is 1. The molecule has 4 N–H and O–H groups in total. The van der Waals surface area contributed by atoms with Crippen LogP contribution in [-0.4, -0.2) is 78.1 Å². The molecule has 1 aromatic heterocycles. The molecule has 1 aromatic carbocycles. The average molecular weight is 474 g/mol. The summed E-state index contributed by atoms with van der Waals surface area (Å²) in [7, 11) is 0. The van der Waals surface area contributed by atoms with E-state index in [0.29, 0.717) is 25.5 Å². The summed E-state index contributed by atoms with van der Waals surface area (Å²) in [5.74, 6) is -1.56. The summed E-state index contributed by atoms with van der Waals surface area (Å²) in [6.45, 7) is 1.55. The molecule has 1 aliphatic rings. The molecule has 0 bridgehead atoms. The molecule has 0 spiro atoms. The summed E-state index contributed by atoms with van der Waals surface area (Å²) in [5.41, 5.74) is 0.738. The van der Waals surface area contributed by atoms with Crippen molar-refractivity contribution in [2.45, 2.75) is 19.1 Å². The third-order valence-corrected chi connectivity index (χ3v) is 4.56. The highest BCUT2D eigenvalue weighted by atomic mass is 16.7. The van der Waals surface area contributed by atoms with Crippen molar-refractivity contribution in [3.05, 3.63) is 53.9 Å². The fourth-order valence-electron chi connectivity index (χ4n) is 2.87. The van der Waals surface area contributed by atoms with Crippen LogP contribution in [0.4, 0.5) is 4.79 Å². The van der Waals surface area contributed by atoms with E-state index in [4.69, 9.17) is 14.1 Å². The Labute approximate surface area is 195 Å². The van der Waals surface area contributed by atoms with Crippen LogP contribution in [0.1, 0.15) is 22.5 Å². The highest BCUT2D eigenvalue weighted by Crippen LogP contribution is 2.07. The van der Waals surface area contributed by atoms with Gasteiger partial charge in [-0.25, -0.2) is 14.7 Å². The molecule has 0 radical (unpaired) electrons. The first-order valence-corrected chi connectivity index (χ1v) is 10.6. The van der Waals surface area contributed by atoms with Crippen LogP contribution in [0.25, 0.3) is 0 Å². The maximum atomic E-state index is 12.7. The first-order chi connectivity index (χ1) is 16.5. The molecule has 34 heavy (non-hydrogen) atoms. The number of aliphatic carboxylic acids is 1. The number of rotatable bonds is 12. The van der Waals surface area contributed by atoms with Gasteiger partial charge in [-0.15, -0.1) is 0 Å². The zero-order valence-corrected chi connectivity index (χ0v) is 18.3. The summed E-state index contributed by atoms with van der Waals surface area (Å²) in [5, 5.41) is 22.3. The van der Waals surface area contributed by atoms with Crippen molar-refractivity contribution < 1.29 is 33.6 Å². The quantitative estimate of drug-likeness (QED) is 0.249. The average Bonchev–Trinajstić information content (AvgIpc) is 3.56. The van der Waals surface area contributed by atoms with Gasteiger partial charge in [-0.3, -0.25) is 14.6 Å². The summed E-state index contributed by atoms with van der Waals surface area (Å²) >= 11 is 0. The third-order valence-electron chi connectivity index (χ3n) is 4.56. The van der Waals surface area contributed by atoms with Crippen molar-refractivity contribution in [3.63, 3.8) is 0 Å². The summed E-state index contributed by atoms with van der Waals surface area (Å²) < 4.78 is 9.94. The monoisotopic (exact) mass is 474 g/mol. The van der Waals surface area contributed by atoms with E-state index in [1.165, 1.54) is 12.3 Å². The van der Waals surface area contributed by atoms with Crippen LogP contribution in [0.3, 0.4) is 0 Å². The number of ether oxygens (including phenoxy) is 1. The van der Waals surface area contributed by atoms with E-state index in [-0.39, 0.29) is 19.0 Å². The fraction of sp³-hybridized carbons (Fsp3) is 0.381. The molecule has 2 amide bonds. The fourth-order valence-corrected chi connectivity index (χ4v) is 2.87. The van der Waals surface area contributed by atoms with Gasteiger partial charge in [0.2, 0.25) is 5.76 Å². The lowest BCUT2D eigenvalue weighted by molar-refractivity contribution is -0.150. The Morgan fingerprint density at radius 2 is 2.06 bits per heavy atom. The second-order valence-corrected chi connectivity index (χ2v) is 7.11. The number of carbonyl (C=O) groups excluding carboxylic acids is 2. The molecule has 182 valence electrons. The number of nitrogens with zero attached hydrogens (tertiary/aromatic N) is 3. The Bertz CT molecular complexity index is 967. The van der Waals surface area contributed by atoms with Crippen LogP contribution in [0.2, 0.25) is 0 Å². The van der Waals surface area contributed by atoms with Gasteiger partial charge in [0, 0.05) is 19.2 Å². The maximum absolute atomic E-state index is 12.7. The van der Waals surface area contributed by atoms with Gasteiger partial charge >= 0.3 is 18.0 Å². The molecule has 0 aliphatic carbocycles. The van der Waals surface area contributed by atoms with Crippen LogP contribution < -0.4 is 16.0 Å². The zero-order chi connectivity index (χ0) is 24.2. The van der Waals surface area contributed by atoms with Crippen molar-refractivity contribution in [2.24, 2.45) is 4.99 Å². The number of alkyl carbamates (subject to hydrolysis) is 1. The lowest BCUT2D eigenvalue weighted by atomic mass is 10.2. The number of hydrogen-bond acceptors (Lipinski definition) is 10. The number of guanidine groups is 1. The number of hydrogen-bond donors (Lipinski definition) is 4. The van der Waals surface area contributed by atoms with E-state index >= 15 is 0 Å². The van der Waals surface area contributed by atoms with Gasteiger partial charge in [0.1, 0.15) is 12.6 Å². The predicted molar refractivity (Wildman–Crippen MR) is 118 cm³/mol. The molecule has 1 unspecified atom stereocenters. The number of carbonyl (C=O) groups is 3. The Kier molecular flexibility index (Phi) is 9.22. The van der Waals surface area contributed by atoms with Gasteiger partial charge in [-0.1, -0.05) is 35.5 Å². The van der Waals surface area contributed by atoms with Crippen LogP contribution in [-0.2, 0) is 21.0 Å². The van der Waals surface area contributed by atoms with Crippen molar-refractivity contribution in [1.29, 1.82) is 0 Å². The second-order valence-electron chi connectivity index (χ2n) is 7.11. The normalized spacial score (nSPS) is 13.4. The van der Waals surface area contributed by atoms with Gasteiger partial charge in [0.15, 0.2) is 5.96 Å². The first-order valence-electron chi connectivity index (χ1n) is 10.6. The topological polar surface area (TPSA) is 168 Å². The van der Waals surface area contributed by atoms with Crippen molar-refractivity contribution in [1.82, 2.24) is 26.2 Å². The lowest BCUT2D eigenvalue weighted by Gasteiger charge is -2.24. The van der Waals surface area contributed by atoms with Crippen molar-refractivity contribution in [2.75, 3.05) is 32.8 Å². The van der Waals surface area contributed by atoms with E-state index in [9.17, 15) is 19.5 Å². The summed E-state index contributed by atoms with van der Waals surface area (Å²) in [6, 6.07) is 8.74. The van der Waals surface area contributed by atoms with E-state index in [0.717, 1.165) is 17.2 Å². The van der Waals surface area contributed by atoms with Crippen molar-refractivity contribution in [3.8, 4) is 0 Å². The number of aliphatic imine (C=N–C) groups is 1. The largest absolute Gasteiger partial charge is 0.480 e. The Hall–Kier alpha value is -4.13. The molecule has 0 saturated carbocycles. The highest BCUT2D eigenvalue weighted by molar-refractivity contribution is 5.91. The highest BCUT2D eigenvalue weighted by Gasteiger charge is 2.29. The van der Waals surface area contributed by atoms with E-state index < -0.39 is 30.6 Å². The van der Waals surface area contributed by atoms with Crippen LogP contribution in [0, 0.1) is 0 Å². The minimum Gasteiger partial charge on any atom is -0.480 e. The minimum atomic E-state index is -1.50. The van der Waals surface area contributed by atoms with Gasteiger partial charge in [0.25, 0.3) is 0 Å². The number of aromatic nitrogens is 1. The summed E-state index contributed by atoms with van der Waals surface area (Å²) in [6.07, 6.45) is 0.821. The van der Waals surface area contributed by atoms with Crippen LogP contribution >= 0.6 is 0 Å². The molecule has 3 rings (SSSR count). The molecular weight excluding hydrogens is 448 g/mol. The van der Waals surface area contributed by atoms with Crippen LogP contribution in [0.5, 0.6) is 0 Å². The van der Waals surface area contributed by atoms with Gasteiger partial charge in [-0.2, -0.15) is 0 Å². The van der Waals surface area contributed by atoms with Gasteiger partial charge in [-0.05, 0) is 12.0 Å². The molecule has 13 heteroatoms. The van der Waals surface area contributed by atoms with Crippen LogP contribution in [0.15, 0.2) is 52.1 Å². The van der Waals surface area contributed by atoms with E-state index in [2.05, 4.69) is 26.1 Å². The minimum absolute atomic E-state index is 0.0383. The molecule has 1 aliphatic heterocycles. The molecule has 0 saturated heterocycles. The van der Waals surface area contributed by atoms with E-state index in [1.54, 1.807) is 24.3 Å². The smallest absolute Gasteiger partial charge is 0.408 e. The zero-order valence-electron chi connectivity index (χ0n) is 18.3. The van der Waals surface area contributed by atoms with Gasteiger partial charge < -0.3 is 30.3 Å². The molecule has 13 nitrogen and oxygen atoms in total. The standard InChI is InChI=1S/C21H26N6O7/c28-18(17-7-9-25-34-17)27(33-12-4-8-22-20-23-10-11-24-20)13-16(19(29)30)26-21(31)32-14-15-5-2-1-3-6-15/h1-3,5-7,9,16H,4,8,10-14H2,(H,26,31)(H,29,30)(H2,22,23,24). The SMILES string of the molecule is O=C(NC(CN(OCCCNC1=NCCN1)C(=O)c1ccno1)C(=O)O)OCc1ccccc1. The number of nitrogens with one attached hydrogen (secondary N) is 3. The third kappa shape index (κ3) is 7.78. The number of amides is 2. The molecule has 1 atom stereocenters. The Morgan fingerprint density at radius 3 is 2.74 bits per heavy atom. The maximum Gasteiger partial charge on any atom is 0.408 e. The Morgan fingerprint density at radius 1 is 1.24 bits per heavy atom. The number of hydroxylamine groups is 2. The number of carboxylic acid groups (broad SMARTS) is 1. The molecule has 0 fully saturated rings. The molecule has 2 heterocycles. The molecular formula is C21H26N6O7.